The van der Waals surface area contributed by atoms with E-state index in [2.05, 4.69) is 10.5 Å². The molecule has 0 unspecified atom stereocenters. The molecule has 0 aliphatic carbocycles. The Morgan fingerprint density at radius 1 is 0.933 bits per heavy atom. The van der Waals surface area contributed by atoms with Crippen molar-refractivity contribution in [3.05, 3.63) is 93.5 Å². The van der Waals surface area contributed by atoms with Crippen LogP contribution in [0.25, 0.3) is 0 Å². The van der Waals surface area contributed by atoms with Gasteiger partial charge in [-0.2, -0.15) is 5.10 Å². The van der Waals surface area contributed by atoms with Crippen molar-refractivity contribution in [3.8, 4) is 0 Å². The molecule has 0 amide bonds. The molecule has 8 heteroatoms. The lowest BCUT2D eigenvalue weighted by Gasteiger charge is -2.17. The summed E-state index contributed by atoms with van der Waals surface area (Å²) < 4.78 is 24.8. The lowest BCUT2D eigenvalue weighted by Crippen LogP contribution is -2.24. The van der Waals surface area contributed by atoms with Crippen molar-refractivity contribution in [2.45, 2.75) is 6.92 Å². The molecule has 3 aromatic rings. The molecule has 0 aliphatic rings. The van der Waals surface area contributed by atoms with Gasteiger partial charge in [0.05, 0.1) is 23.3 Å². The topological polar surface area (TPSA) is 61.8 Å². The molecule has 5 nitrogen and oxygen atoms in total. The first-order valence-corrected chi connectivity index (χ1v) is 11.7. The lowest BCUT2D eigenvalue weighted by atomic mass is 10.0. The summed E-state index contributed by atoms with van der Waals surface area (Å²) in [6.07, 6.45) is 1.17. The number of hydrogen-bond acceptors (Lipinski definition) is 4. The van der Waals surface area contributed by atoms with Crippen LogP contribution in [0, 0.1) is 6.92 Å². The number of nitrogens with one attached hydrogen (secondary N) is 1. The van der Waals surface area contributed by atoms with Gasteiger partial charge in [0.15, 0.2) is 0 Å². The summed E-state index contributed by atoms with van der Waals surface area (Å²) in [6, 6.07) is 20.1. The van der Waals surface area contributed by atoms with E-state index in [4.69, 9.17) is 23.2 Å². The molecule has 0 bridgehead atoms. The monoisotopic (exact) mass is 461 g/mol. The smallest absolute Gasteiger partial charge is 0.231 e. The Kier molecular flexibility index (Phi) is 6.71. The summed E-state index contributed by atoms with van der Waals surface area (Å²) in [5, 5.41) is 5.90. The van der Waals surface area contributed by atoms with E-state index in [0.29, 0.717) is 21.4 Å². The van der Waals surface area contributed by atoms with Crippen LogP contribution in [0.2, 0.25) is 10.0 Å². The Hall–Kier alpha value is -2.54. The van der Waals surface area contributed by atoms with Gasteiger partial charge in [0, 0.05) is 28.2 Å². The van der Waals surface area contributed by atoms with Crippen molar-refractivity contribution in [1.29, 1.82) is 0 Å². The number of hydrazone groups is 1. The summed E-state index contributed by atoms with van der Waals surface area (Å²) in [5.74, 6) is 0. The molecule has 0 radical (unpaired) electrons. The molecule has 0 saturated heterocycles. The molecule has 3 rings (SSSR count). The predicted molar refractivity (Wildman–Crippen MR) is 127 cm³/mol. The fourth-order valence-electron chi connectivity index (χ4n) is 2.77. The van der Waals surface area contributed by atoms with Crippen LogP contribution in [-0.2, 0) is 10.0 Å². The average molecular weight is 462 g/mol. The molecule has 0 aromatic heterocycles. The number of rotatable bonds is 6. The van der Waals surface area contributed by atoms with Crippen LogP contribution in [0.15, 0.2) is 71.8 Å². The Bertz CT molecular complexity index is 1180. The van der Waals surface area contributed by atoms with Crippen molar-refractivity contribution in [1.82, 2.24) is 0 Å². The molecule has 156 valence electrons. The Morgan fingerprint density at radius 2 is 1.50 bits per heavy atom. The molecule has 0 aliphatic heterocycles. The van der Waals surface area contributed by atoms with Crippen LogP contribution in [-0.4, -0.2) is 27.4 Å². The van der Waals surface area contributed by atoms with Gasteiger partial charge in [0.25, 0.3) is 0 Å². The predicted octanol–water partition coefficient (Wildman–Crippen LogP) is 5.56. The molecule has 0 atom stereocenters. The van der Waals surface area contributed by atoms with Crippen LogP contribution >= 0.6 is 23.2 Å². The van der Waals surface area contributed by atoms with E-state index in [-0.39, 0.29) is 0 Å². The first kappa shape index (κ1) is 22.2. The molecule has 1 N–H and O–H groups in total. The fraction of sp³-hybridized carbons (Fsp3) is 0.136. The molecular formula is C22H21Cl2N3O2S. The van der Waals surface area contributed by atoms with Crippen LogP contribution in [0.5, 0.6) is 0 Å². The highest BCUT2D eigenvalue weighted by molar-refractivity contribution is 7.92. The maximum Gasteiger partial charge on any atom is 0.231 e. The van der Waals surface area contributed by atoms with Gasteiger partial charge in [-0.1, -0.05) is 53.5 Å². The summed E-state index contributed by atoms with van der Waals surface area (Å²) in [5.41, 5.74) is 7.69. The van der Waals surface area contributed by atoms with Crippen molar-refractivity contribution >= 4 is 50.3 Å². The van der Waals surface area contributed by atoms with Gasteiger partial charge in [0.1, 0.15) is 0 Å². The molecule has 3 aromatic carbocycles. The SMILES string of the molecule is Cc1c(Cl)cccc1NN=C(c1ccc(Cl)cc1)c1ccc(N(C)S(C)(=O)=O)cc1. The third kappa shape index (κ3) is 5.14. The second-order valence-corrected chi connectivity index (χ2v) is 9.63. The first-order valence-electron chi connectivity index (χ1n) is 9.06. The van der Waals surface area contributed by atoms with Gasteiger partial charge in [-0.05, 0) is 48.9 Å². The van der Waals surface area contributed by atoms with E-state index in [1.165, 1.54) is 17.6 Å². The number of halogens is 2. The van der Waals surface area contributed by atoms with E-state index in [1.54, 1.807) is 24.3 Å². The Balaban J connectivity index is 2.01. The third-order valence-electron chi connectivity index (χ3n) is 4.68. The van der Waals surface area contributed by atoms with E-state index in [9.17, 15) is 8.42 Å². The minimum atomic E-state index is -3.34. The second kappa shape index (κ2) is 9.08. The van der Waals surface area contributed by atoms with Crippen molar-refractivity contribution < 1.29 is 8.42 Å². The van der Waals surface area contributed by atoms with Gasteiger partial charge in [0.2, 0.25) is 10.0 Å². The standard InChI is InChI=1S/C22H21Cl2N3O2S/c1-15-20(24)5-4-6-21(15)25-26-22(16-7-11-18(23)12-8-16)17-9-13-19(14-10-17)27(2)30(3,28)29/h4-14,25H,1-3H3. The second-order valence-electron chi connectivity index (χ2n) is 6.77. The molecule has 0 heterocycles. The molecule has 0 saturated carbocycles. The van der Waals surface area contributed by atoms with Gasteiger partial charge >= 0.3 is 0 Å². The van der Waals surface area contributed by atoms with Crippen LogP contribution in [0.3, 0.4) is 0 Å². The van der Waals surface area contributed by atoms with Crippen molar-refractivity contribution in [2.24, 2.45) is 5.10 Å². The van der Waals surface area contributed by atoms with Gasteiger partial charge in [-0.25, -0.2) is 8.42 Å². The summed E-state index contributed by atoms with van der Waals surface area (Å²) in [4.78, 5) is 0. The van der Waals surface area contributed by atoms with E-state index < -0.39 is 10.0 Å². The number of sulfonamides is 1. The van der Waals surface area contributed by atoms with Crippen LogP contribution < -0.4 is 9.73 Å². The minimum Gasteiger partial charge on any atom is -0.278 e. The molecule has 30 heavy (non-hydrogen) atoms. The third-order valence-corrected chi connectivity index (χ3v) is 6.54. The number of hydrogen-bond donors (Lipinski definition) is 1. The van der Waals surface area contributed by atoms with E-state index in [1.807, 2.05) is 49.4 Å². The number of benzene rings is 3. The number of nitrogens with zero attached hydrogens (tertiary/aromatic N) is 2. The summed E-state index contributed by atoms with van der Waals surface area (Å²) >= 11 is 12.2. The fourth-order valence-corrected chi connectivity index (χ4v) is 3.57. The lowest BCUT2D eigenvalue weighted by molar-refractivity contribution is 0.600. The van der Waals surface area contributed by atoms with Crippen LogP contribution in [0.1, 0.15) is 16.7 Å². The summed E-state index contributed by atoms with van der Waals surface area (Å²) in [6.45, 7) is 1.91. The highest BCUT2D eigenvalue weighted by Gasteiger charge is 2.14. The Morgan fingerprint density at radius 3 is 2.07 bits per heavy atom. The highest BCUT2D eigenvalue weighted by atomic mass is 35.5. The van der Waals surface area contributed by atoms with Gasteiger partial charge in [-0.3, -0.25) is 9.73 Å². The average Bonchev–Trinajstić information content (AvgIpc) is 2.71. The van der Waals surface area contributed by atoms with Gasteiger partial charge < -0.3 is 0 Å². The quantitative estimate of drug-likeness (QED) is 0.385. The number of anilines is 2. The van der Waals surface area contributed by atoms with E-state index in [0.717, 1.165) is 22.4 Å². The zero-order valence-corrected chi connectivity index (χ0v) is 19.1. The maximum atomic E-state index is 11.8. The maximum absolute atomic E-state index is 11.8. The van der Waals surface area contributed by atoms with Gasteiger partial charge in [-0.15, -0.1) is 0 Å². The zero-order chi connectivity index (χ0) is 21.9. The largest absolute Gasteiger partial charge is 0.278 e. The van der Waals surface area contributed by atoms with Crippen LogP contribution in [0.4, 0.5) is 11.4 Å². The Labute approximate surface area is 187 Å². The van der Waals surface area contributed by atoms with Crippen molar-refractivity contribution in [3.63, 3.8) is 0 Å². The normalized spacial score (nSPS) is 12.0. The van der Waals surface area contributed by atoms with E-state index >= 15 is 0 Å². The first-order chi connectivity index (χ1) is 14.2. The van der Waals surface area contributed by atoms with Crippen molar-refractivity contribution in [2.75, 3.05) is 23.0 Å². The highest BCUT2D eigenvalue weighted by Crippen LogP contribution is 2.24. The molecular weight excluding hydrogens is 441 g/mol. The molecule has 0 fully saturated rings. The minimum absolute atomic E-state index is 0.565. The summed E-state index contributed by atoms with van der Waals surface area (Å²) in [7, 11) is -1.82. The molecule has 0 spiro atoms. The zero-order valence-electron chi connectivity index (χ0n) is 16.7.